The molecule has 0 amide bonds. The Morgan fingerprint density at radius 3 is 3.00 bits per heavy atom. The third kappa shape index (κ3) is 4.39. The zero-order chi connectivity index (χ0) is 14.4. The lowest BCUT2D eigenvalue weighted by Gasteiger charge is -2.27. The van der Waals surface area contributed by atoms with Crippen LogP contribution in [0.25, 0.3) is 0 Å². The summed E-state index contributed by atoms with van der Waals surface area (Å²) in [6, 6.07) is 5.58. The van der Waals surface area contributed by atoms with Gasteiger partial charge >= 0.3 is 0 Å². The predicted octanol–water partition coefficient (Wildman–Crippen LogP) is 2.65. The summed E-state index contributed by atoms with van der Waals surface area (Å²) < 4.78 is 10.9. The van der Waals surface area contributed by atoms with Crippen LogP contribution in [0.3, 0.4) is 0 Å². The molecule has 0 spiro atoms. The van der Waals surface area contributed by atoms with E-state index in [2.05, 4.69) is 11.9 Å². The fourth-order valence-corrected chi connectivity index (χ4v) is 2.70. The van der Waals surface area contributed by atoms with E-state index in [1.54, 1.807) is 6.07 Å². The maximum atomic E-state index is 9.71. The smallest absolute Gasteiger partial charge is 0.161 e. The van der Waals surface area contributed by atoms with Crippen molar-refractivity contribution < 1.29 is 14.6 Å². The van der Waals surface area contributed by atoms with Crippen LogP contribution in [0.2, 0.25) is 0 Å². The van der Waals surface area contributed by atoms with Gasteiger partial charge in [-0.3, -0.25) is 0 Å². The van der Waals surface area contributed by atoms with Gasteiger partial charge < -0.3 is 19.5 Å². The van der Waals surface area contributed by atoms with E-state index >= 15 is 0 Å². The van der Waals surface area contributed by atoms with Crippen LogP contribution in [-0.2, 0) is 11.3 Å². The Hall–Kier alpha value is -1.26. The number of phenols is 1. The molecule has 1 N–H and O–H groups in total. The van der Waals surface area contributed by atoms with Gasteiger partial charge in [-0.15, -0.1) is 0 Å². The highest BCUT2D eigenvalue weighted by molar-refractivity contribution is 5.41. The summed E-state index contributed by atoms with van der Waals surface area (Å²) in [5, 5.41) is 9.71. The average molecular weight is 279 g/mol. The van der Waals surface area contributed by atoms with Crippen molar-refractivity contribution in [2.45, 2.75) is 26.3 Å². The zero-order valence-electron chi connectivity index (χ0n) is 12.5. The molecule has 2 rings (SSSR count). The van der Waals surface area contributed by atoms with Gasteiger partial charge in [0.2, 0.25) is 0 Å². The number of hydrogen-bond donors (Lipinski definition) is 1. The summed E-state index contributed by atoms with van der Waals surface area (Å²) in [6.45, 7) is 6.18. The fourth-order valence-electron chi connectivity index (χ4n) is 2.70. The third-order valence-electron chi connectivity index (χ3n) is 3.60. The lowest BCUT2D eigenvalue weighted by molar-refractivity contribution is 0.0411. The van der Waals surface area contributed by atoms with Crippen molar-refractivity contribution in [1.82, 2.24) is 4.90 Å². The number of aromatic hydroxyl groups is 1. The van der Waals surface area contributed by atoms with Gasteiger partial charge in [0, 0.05) is 19.7 Å². The highest BCUT2D eigenvalue weighted by Gasteiger charge is 2.16. The van der Waals surface area contributed by atoms with Gasteiger partial charge in [-0.05, 0) is 50.4 Å². The van der Waals surface area contributed by atoms with Gasteiger partial charge in [0.25, 0.3) is 0 Å². The number of benzene rings is 1. The average Bonchev–Trinajstić information content (AvgIpc) is 2.44. The summed E-state index contributed by atoms with van der Waals surface area (Å²) in [7, 11) is 2.13. The van der Waals surface area contributed by atoms with E-state index in [1.165, 1.54) is 12.8 Å². The largest absolute Gasteiger partial charge is 0.504 e. The van der Waals surface area contributed by atoms with Crippen molar-refractivity contribution in [2.75, 3.05) is 33.4 Å². The Labute approximate surface area is 121 Å². The van der Waals surface area contributed by atoms with Gasteiger partial charge in [0.15, 0.2) is 11.5 Å². The van der Waals surface area contributed by atoms with Gasteiger partial charge in [-0.2, -0.15) is 0 Å². The molecule has 1 aliphatic heterocycles. The van der Waals surface area contributed by atoms with Crippen LogP contribution in [0, 0.1) is 5.92 Å². The van der Waals surface area contributed by atoms with Crippen LogP contribution in [0.5, 0.6) is 11.5 Å². The number of hydrogen-bond acceptors (Lipinski definition) is 4. The number of rotatable bonds is 6. The van der Waals surface area contributed by atoms with Crippen molar-refractivity contribution in [1.29, 1.82) is 0 Å². The topological polar surface area (TPSA) is 41.9 Å². The summed E-state index contributed by atoms with van der Waals surface area (Å²) in [5.41, 5.74) is 1.16. The van der Waals surface area contributed by atoms with E-state index in [9.17, 15) is 5.11 Å². The molecular formula is C16H25NO3. The molecule has 0 radical (unpaired) electrons. The minimum absolute atomic E-state index is 0.207. The Morgan fingerprint density at radius 2 is 2.30 bits per heavy atom. The Bertz CT molecular complexity index is 416. The molecule has 1 fully saturated rings. The molecule has 4 nitrogen and oxygen atoms in total. The first-order chi connectivity index (χ1) is 9.69. The monoisotopic (exact) mass is 279 g/mol. The lowest BCUT2D eigenvalue weighted by atomic mass is 10.0. The molecule has 0 bridgehead atoms. The summed E-state index contributed by atoms with van der Waals surface area (Å²) in [5.74, 6) is 1.41. The normalized spacial score (nSPS) is 19.2. The van der Waals surface area contributed by atoms with E-state index in [0.29, 0.717) is 18.3 Å². The minimum Gasteiger partial charge on any atom is -0.504 e. The molecule has 4 heteroatoms. The molecule has 1 saturated heterocycles. The quantitative estimate of drug-likeness (QED) is 0.869. The molecular weight excluding hydrogens is 254 g/mol. The first-order valence-electron chi connectivity index (χ1n) is 7.40. The number of ether oxygens (including phenoxy) is 2. The van der Waals surface area contributed by atoms with Gasteiger partial charge in [-0.25, -0.2) is 0 Å². The summed E-state index contributed by atoms with van der Waals surface area (Å²) >= 11 is 0. The van der Waals surface area contributed by atoms with Gasteiger partial charge in [0.1, 0.15) is 0 Å². The molecule has 1 aromatic rings. The number of phenolic OH excluding ortho intramolecular Hbond substituents is 1. The second-order valence-electron chi connectivity index (χ2n) is 5.52. The van der Waals surface area contributed by atoms with Gasteiger partial charge in [-0.1, -0.05) is 6.07 Å². The number of nitrogens with zero attached hydrogens (tertiary/aromatic N) is 1. The molecule has 20 heavy (non-hydrogen) atoms. The predicted molar refractivity (Wildman–Crippen MR) is 79.2 cm³/mol. The van der Waals surface area contributed by atoms with Crippen LogP contribution >= 0.6 is 0 Å². The van der Waals surface area contributed by atoms with Crippen LogP contribution < -0.4 is 4.74 Å². The maximum absolute atomic E-state index is 9.71. The van der Waals surface area contributed by atoms with Crippen molar-refractivity contribution >= 4 is 0 Å². The third-order valence-corrected chi connectivity index (χ3v) is 3.60. The Morgan fingerprint density at radius 1 is 1.45 bits per heavy atom. The molecule has 1 atom stereocenters. The Kier molecular flexibility index (Phi) is 5.68. The fraction of sp³-hybridized carbons (Fsp3) is 0.625. The molecule has 0 saturated carbocycles. The van der Waals surface area contributed by atoms with Crippen LogP contribution in [-0.4, -0.2) is 43.4 Å². The highest BCUT2D eigenvalue weighted by Crippen LogP contribution is 2.27. The van der Waals surface area contributed by atoms with Crippen molar-refractivity contribution in [3.63, 3.8) is 0 Å². The van der Waals surface area contributed by atoms with Gasteiger partial charge in [0.05, 0.1) is 13.2 Å². The van der Waals surface area contributed by atoms with E-state index in [-0.39, 0.29) is 5.75 Å². The first kappa shape index (κ1) is 15.1. The van der Waals surface area contributed by atoms with E-state index in [4.69, 9.17) is 9.47 Å². The molecule has 1 heterocycles. The minimum atomic E-state index is 0.207. The highest BCUT2D eigenvalue weighted by atomic mass is 16.5. The Balaban J connectivity index is 1.89. The molecule has 1 aliphatic rings. The van der Waals surface area contributed by atoms with Crippen molar-refractivity contribution in [2.24, 2.45) is 5.92 Å². The van der Waals surface area contributed by atoms with Crippen LogP contribution in [0.15, 0.2) is 18.2 Å². The van der Waals surface area contributed by atoms with Crippen molar-refractivity contribution in [3.8, 4) is 11.5 Å². The van der Waals surface area contributed by atoms with Crippen LogP contribution in [0.1, 0.15) is 25.3 Å². The summed E-state index contributed by atoms with van der Waals surface area (Å²) in [4.78, 5) is 2.31. The molecule has 1 unspecified atom stereocenters. The SMILES string of the molecule is CCOc1cc(CN(C)CC2CCCOC2)ccc1O. The summed E-state index contributed by atoms with van der Waals surface area (Å²) in [6.07, 6.45) is 2.43. The van der Waals surface area contributed by atoms with E-state index in [1.807, 2.05) is 19.1 Å². The second-order valence-corrected chi connectivity index (χ2v) is 5.52. The second kappa shape index (κ2) is 7.50. The lowest BCUT2D eigenvalue weighted by Crippen LogP contribution is -2.30. The zero-order valence-corrected chi connectivity index (χ0v) is 12.5. The van der Waals surface area contributed by atoms with E-state index < -0.39 is 0 Å². The standard InChI is InChI=1S/C16H25NO3/c1-3-20-16-9-13(6-7-15(16)18)10-17(2)11-14-5-4-8-19-12-14/h6-7,9,14,18H,3-5,8,10-12H2,1-2H3. The maximum Gasteiger partial charge on any atom is 0.161 e. The first-order valence-corrected chi connectivity index (χ1v) is 7.40. The molecule has 112 valence electrons. The van der Waals surface area contributed by atoms with E-state index in [0.717, 1.165) is 31.9 Å². The van der Waals surface area contributed by atoms with Crippen molar-refractivity contribution in [3.05, 3.63) is 23.8 Å². The molecule has 1 aromatic carbocycles. The molecule has 0 aromatic heterocycles. The molecule has 0 aliphatic carbocycles. The van der Waals surface area contributed by atoms with Crippen LogP contribution in [0.4, 0.5) is 0 Å².